The predicted molar refractivity (Wildman–Crippen MR) is 101 cm³/mol. The van der Waals surface area contributed by atoms with Crippen LogP contribution in [0.5, 0.6) is 0 Å². The second kappa shape index (κ2) is 9.08. The van der Waals surface area contributed by atoms with Crippen molar-refractivity contribution < 1.29 is 23.8 Å². The molecule has 150 valence electrons. The molecule has 1 aromatic carbocycles. The Bertz CT molecular complexity index is 629. The number of likely N-dealkylation sites (tertiary alicyclic amines) is 1. The van der Waals surface area contributed by atoms with Gasteiger partial charge in [0.2, 0.25) is 0 Å². The number of ether oxygens (including phenoxy) is 3. The molecule has 1 heterocycles. The molecule has 2 atom stereocenters. The molecule has 1 fully saturated rings. The molecule has 0 unspecified atom stereocenters. The van der Waals surface area contributed by atoms with Gasteiger partial charge in [-0.2, -0.15) is 0 Å². The zero-order valence-electron chi connectivity index (χ0n) is 16.8. The smallest absolute Gasteiger partial charge is 0.410 e. The summed E-state index contributed by atoms with van der Waals surface area (Å²) in [4.78, 5) is 27.7. The molecular formula is C20H30N2O5. The van der Waals surface area contributed by atoms with Crippen molar-refractivity contribution in [1.29, 1.82) is 0 Å². The maximum absolute atomic E-state index is 12.3. The Morgan fingerprint density at radius 2 is 1.85 bits per heavy atom. The average molecular weight is 378 g/mol. The summed E-state index contributed by atoms with van der Waals surface area (Å²) >= 11 is 0. The highest BCUT2D eigenvalue weighted by atomic mass is 16.6. The quantitative estimate of drug-likeness (QED) is 0.787. The summed E-state index contributed by atoms with van der Waals surface area (Å²) in [7, 11) is 3.31. The molecule has 0 saturated carbocycles. The monoisotopic (exact) mass is 378 g/mol. The van der Waals surface area contributed by atoms with Gasteiger partial charge in [-0.15, -0.1) is 0 Å². The fourth-order valence-corrected chi connectivity index (χ4v) is 3.02. The molecule has 27 heavy (non-hydrogen) atoms. The lowest BCUT2D eigenvalue weighted by molar-refractivity contribution is 0.0250. The summed E-state index contributed by atoms with van der Waals surface area (Å²) in [5, 5.41) is 0. The van der Waals surface area contributed by atoms with Crippen LogP contribution in [0.25, 0.3) is 0 Å². The van der Waals surface area contributed by atoms with Crippen molar-refractivity contribution in [2.45, 2.75) is 39.1 Å². The molecule has 7 heteroatoms. The van der Waals surface area contributed by atoms with Gasteiger partial charge < -0.3 is 24.0 Å². The zero-order chi connectivity index (χ0) is 20.0. The van der Waals surface area contributed by atoms with E-state index >= 15 is 0 Å². The van der Waals surface area contributed by atoms with Gasteiger partial charge in [-0.3, -0.25) is 0 Å². The number of hydrogen-bond donors (Lipinski definition) is 0. The van der Waals surface area contributed by atoms with E-state index in [9.17, 15) is 9.59 Å². The Kier molecular flexibility index (Phi) is 7.07. The van der Waals surface area contributed by atoms with Gasteiger partial charge in [0.1, 0.15) is 12.2 Å². The number of benzene rings is 1. The van der Waals surface area contributed by atoms with Crippen LogP contribution in [0.2, 0.25) is 0 Å². The van der Waals surface area contributed by atoms with Crippen LogP contribution in [-0.4, -0.2) is 67.5 Å². The highest BCUT2D eigenvalue weighted by Gasteiger charge is 2.38. The van der Waals surface area contributed by atoms with Crippen LogP contribution in [0.3, 0.4) is 0 Å². The molecule has 0 N–H and O–H groups in total. The Hall–Kier alpha value is -2.28. The predicted octanol–water partition coefficient (Wildman–Crippen LogP) is 3.14. The SMILES string of the molecule is CO[C@H]1CN(C(=O)OC(C)(C)C)C[C@H]1CN(C)C(=O)OCc1ccccc1. The van der Waals surface area contributed by atoms with E-state index in [1.54, 1.807) is 19.1 Å². The molecule has 2 rings (SSSR count). The summed E-state index contributed by atoms with van der Waals surface area (Å²) in [6, 6.07) is 9.53. The Balaban J connectivity index is 1.86. The Morgan fingerprint density at radius 3 is 2.44 bits per heavy atom. The average Bonchev–Trinajstić information content (AvgIpc) is 3.02. The normalized spacial score (nSPS) is 19.7. The minimum Gasteiger partial charge on any atom is -0.445 e. The second-order valence-electron chi connectivity index (χ2n) is 7.84. The van der Waals surface area contributed by atoms with Crippen LogP contribution in [0.15, 0.2) is 30.3 Å². The van der Waals surface area contributed by atoms with Crippen LogP contribution in [0, 0.1) is 5.92 Å². The van der Waals surface area contributed by atoms with Gasteiger partial charge in [-0.25, -0.2) is 9.59 Å². The lowest BCUT2D eigenvalue weighted by Crippen LogP contribution is -2.37. The Labute approximate surface area is 161 Å². The summed E-state index contributed by atoms with van der Waals surface area (Å²) < 4.78 is 16.3. The van der Waals surface area contributed by atoms with Gasteiger partial charge in [0.25, 0.3) is 0 Å². The molecule has 0 radical (unpaired) electrons. The van der Waals surface area contributed by atoms with E-state index < -0.39 is 11.7 Å². The number of nitrogens with zero attached hydrogens (tertiary/aromatic N) is 2. The van der Waals surface area contributed by atoms with Gasteiger partial charge in [0.15, 0.2) is 0 Å². The third-order valence-corrected chi connectivity index (χ3v) is 4.36. The van der Waals surface area contributed by atoms with Crippen molar-refractivity contribution >= 4 is 12.2 Å². The molecule has 0 aromatic heterocycles. The number of carbonyl (C=O) groups excluding carboxylic acids is 2. The van der Waals surface area contributed by atoms with Crippen molar-refractivity contribution in [3.05, 3.63) is 35.9 Å². The van der Waals surface area contributed by atoms with Crippen LogP contribution in [-0.2, 0) is 20.8 Å². The lowest BCUT2D eigenvalue weighted by atomic mass is 10.1. The maximum atomic E-state index is 12.3. The fraction of sp³-hybridized carbons (Fsp3) is 0.600. The highest BCUT2D eigenvalue weighted by molar-refractivity contribution is 5.69. The number of rotatable bonds is 5. The van der Waals surface area contributed by atoms with E-state index in [0.29, 0.717) is 19.6 Å². The molecule has 1 saturated heterocycles. The summed E-state index contributed by atoms with van der Waals surface area (Å²) in [6.45, 7) is 7.10. The lowest BCUT2D eigenvalue weighted by Gasteiger charge is -2.25. The van der Waals surface area contributed by atoms with Crippen molar-refractivity contribution in [2.24, 2.45) is 5.92 Å². The van der Waals surface area contributed by atoms with Gasteiger partial charge >= 0.3 is 12.2 Å². The molecule has 0 bridgehead atoms. The standard InChI is InChI=1S/C20H30N2O5/c1-20(2,3)27-19(24)22-12-16(17(13-22)25-5)11-21(4)18(23)26-14-15-9-7-6-8-10-15/h6-10,16-17H,11-14H2,1-5H3/t16-,17+/m1/s1. The van der Waals surface area contributed by atoms with E-state index in [1.165, 1.54) is 4.90 Å². The minimum absolute atomic E-state index is 0.00297. The Morgan fingerprint density at radius 1 is 1.19 bits per heavy atom. The first-order chi connectivity index (χ1) is 12.7. The zero-order valence-corrected chi connectivity index (χ0v) is 16.8. The van der Waals surface area contributed by atoms with E-state index in [4.69, 9.17) is 14.2 Å². The van der Waals surface area contributed by atoms with E-state index in [1.807, 2.05) is 51.1 Å². The highest BCUT2D eigenvalue weighted by Crippen LogP contribution is 2.23. The van der Waals surface area contributed by atoms with E-state index in [0.717, 1.165) is 5.56 Å². The van der Waals surface area contributed by atoms with Crippen LogP contribution < -0.4 is 0 Å². The number of carbonyl (C=O) groups is 2. The molecule has 2 amide bonds. The largest absolute Gasteiger partial charge is 0.445 e. The number of hydrogen-bond acceptors (Lipinski definition) is 5. The first-order valence-electron chi connectivity index (χ1n) is 9.12. The molecule has 1 aliphatic heterocycles. The molecule has 1 aliphatic rings. The van der Waals surface area contributed by atoms with E-state index in [-0.39, 0.29) is 24.7 Å². The first-order valence-corrected chi connectivity index (χ1v) is 9.12. The first kappa shape index (κ1) is 21.0. The third-order valence-electron chi connectivity index (χ3n) is 4.36. The molecule has 0 aliphatic carbocycles. The topological polar surface area (TPSA) is 68.3 Å². The van der Waals surface area contributed by atoms with Crippen molar-refractivity contribution in [3.8, 4) is 0 Å². The van der Waals surface area contributed by atoms with Crippen molar-refractivity contribution in [3.63, 3.8) is 0 Å². The maximum Gasteiger partial charge on any atom is 0.410 e. The van der Waals surface area contributed by atoms with Crippen molar-refractivity contribution in [1.82, 2.24) is 9.80 Å². The number of methoxy groups -OCH3 is 1. The van der Waals surface area contributed by atoms with Gasteiger partial charge in [-0.1, -0.05) is 30.3 Å². The molecule has 7 nitrogen and oxygen atoms in total. The molecular weight excluding hydrogens is 348 g/mol. The summed E-state index contributed by atoms with van der Waals surface area (Å²) in [5.74, 6) is -0.00297. The van der Waals surface area contributed by atoms with Gasteiger partial charge in [0, 0.05) is 33.2 Å². The fourth-order valence-electron chi connectivity index (χ4n) is 3.02. The summed E-state index contributed by atoms with van der Waals surface area (Å²) in [5.41, 5.74) is 0.390. The van der Waals surface area contributed by atoms with Crippen LogP contribution in [0.4, 0.5) is 9.59 Å². The molecule has 1 aromatic rings. The second-order valence-corrected chi connectivity index (χ2v) is 7.84. The summed E-state index contributed by atoms with van der Waals surface area (Å²) in [6.07, 6.45) is -0.910. The number of amides is 2. The van der Waals surface area contributed by atoms with Crippen LogP contribution >= 0.6 is 0 Å². The minimum atomic E-state index is -0.546. The van der Waals surface area contributed by atoms with E-state index in [2.05, 4.69) is 0 Å². The van der Waals surface area contributed by atoms with Gasteiger partial charge in [-0.05, 0) is 26.3 Å². The van der Waals surface area contributed by atoms with Crippen LogP contribution in [0.1, 0.15) is 26.3 Å². The third kappa shape index (κ3) is 6.43. The van der Waals surface area contributed by atoms with Gasteiger partial charge in [0.05, 0.1) is 12.6 Å². The molecule has 0 spiro atoms. The van der Waals surface area contributed by atoms with Crippen molar-refractivity contribution in [2.75, 3.05) is 33.8 Å².